The molecule has 0 fully saturated rings. The molecule has 1 N–H and O–H groups in total. The van der Waals surface area contributed by atoms with Gasteiger partial charge in [0, 0.05) is 6.42 Å². The zero-order chi connectivity index (χ0) is 10.6. The third kappa shape index (κ3) is 2.30. The molecule has 0 aliphatic heterocycles. The first-order valence-electron chi connectivity index (χ1n) is 4.01. The van der Waals surface area contributed by atoms with E-state index in [-0.39, 0.29) is 12.0 Å². The van der Waals surface area contributed by atoms with Crippen LogP contribution in [-0.2, 0) is 11.2 Å². The molecule has 3 nitrogen and oxygen atoms in total. The topological polar surface area (TPSA) is 61.1 Å². The summed E-state index contributed by atoms with van der Waals surface area (Å²) in [4.78, 5) is 10.5. The van der Waals surface area contributed by atoms with Crippen LogP contribution in [-0.4, -0.2) is 11.1 Å². The molecule has 0 bridgehead atoms. The number of nitriles is 1. The zero-order valence-corrected chi connectivity index (χ0v) is 7.27. The Morgan fingerprint density at radius 1 is 1.57 bits per heavy atom. The molecular formula is C10H8FNO2. The number of carboxylic acid groups (broad SMARTS) is 1. The van der Waals surface area contributed by atoms with Crippen LogP contribution < -0.4 is 0 Å². The second-order valence-electron chi connectivity index (χ2n) is 2.82. The Kier molecular flexibility index (Phi) is 3.19. The highest BCUT2D eigenvalue weighted by Crippen LogP contribution is 2.12. The summed E-state index contributed by atoms with van der Waals surface area (Å²) in [5.74, 6) is -2.89. The Morgan fingerprint density at radius 3 is 2.71 bits per heavy atom. The lowest BCUT2D eigenvalue weighted by Crippen LogP contribution is -2.14. The van der Waals surface area contributed by atoms with Gasteiger partial charge in [0.1, 0.15) is 11.7 Å². The van der Waals surface area contributed by atoms with Gasteiger partial charge in [0.25, 0.3) is 0 Å². The third-order valence-corrected chi connectivity index (χ3v) is 1.84. The Balaban J connectivity index is 2.84. The highest BCUT2D eigenvalue weighted by Gasteiger charge is 2.18. The van der Waals surface area contributed by atoms with E-state index in [1.807, 2.05) is 0 Å². The van der Waals surface area contributed by atoms with Gasteiger partial charge in [-0.2, -0.15) is 5.26 Å². The first kappa shape index (κ1) is 10.2. The van der Waals surface area contributed by atoms with Crippen molar-refractivity contribution in [2.24, 2.45) is 5.92 Å². The molecule has 0 amide bonds. The van der Waals surface area contributed by atoms with E-state index in [4.69, 9.17) is 10.4 Å². The van der Waals surface area contributed by atoms with Crippen molar-refractivity contribution < 1.29 is 14.3 Å². The first-order valence-corrected chi connectivity index (χ1v) is 4.01. The number of hydrogen-bond donors (Lipinski definition) is 1. The number of benzene rings is 1. The van der Waals surface area contributed by atoms with E-state index in [0.717, 1.165) is 0 Å². The van der Waals surface area contributed by atoms with Gasteiger partial charge < -0.3 is 5.11 Å². The highest BCUT2D eigenvalue weighted by molar-refractivity contribution is 5.73. The first-order chi connectivity index (χ1) is 6.65. The monoisotopic (exact) mass is 193 g/mol. The Bertz CT molecular complexity index is 384. The highest BCUT2D eigenvalue weighted by atomic mass is 19.1. The minimum absolute atomic E-state index is 0.0987. The molecule has 0 heterocycles. The lowest BCUT2D eigenvalue weighted by Gasteiger charge is -2.04. The fourth-order valence-electron chi connectivity index (χ4n) is 1.07. The van der Waals surface area contributed by atoms with E-state index < -0.39 is 17.7 Å². The van der Waals surface area contributed by atoms with Crippen LogP contribution in [0.15, 0.2) is 24.3 Å². The number of hydrogen-bond acceptors (Lipinski definition) is 2. The summed E-state index contributed by atoms with van der Waals surface area (Å²) >= 11 is 0. The molecule has 1 rings (SSSR count). The quantitative estimate of drug-likeness (QED) is 0.792. The van der Waals surface area contributed by atoms with E-state index in [0.29, 0.717) is 0 Å². The van der Waals surface area contributed by atoms with Crippen molar-refractivity contribution in [2.75, 3.05) is 0 Å². The van der Waals surface area contributed by atoms with Crippen molar-refractivity contribution in [3.05, 3.63) is 35.6 Å². The van der Waals surface area contributed by atoms with Gasteiger partial charge >= 0.3 is 5.97 Å². The van der Waals surface area contributed by atoms with Crippen LogP contribution in [0.3, 0.4) is 0 Å². The molecule has 0 aromatic heterocycles. The minimum Gasteiger partial charge on any atom is -0.480 e. The number of nitrogens with zero attached hydrogens (tertiary/aromatic N) is 1. The van der Waals surface area contributed by atoms with Crippen molar-refractivity contribution in [2.45, 2.75) is 6.42 Å². The van der Waals surface area contributed by atoms with Crippen LogP contribution in [0.5, 0.6) is 0 Å². The molecule has 0 saturated carbocycles. The second kappa shape index (κ2) is 4.38. The molecule has 14 heavy (non-hydrogen) atoms. The molecule has 4 heteroatoms. The van der Waals surface area contributed by atoms with Crippen LogP contribution in [0.4, 0.5) is 4.39 Å². The summed E-state index contributed by atoms with van der Waals surface area (Å²) < 4.78 is 13.0. The maximum atomic E-state index is 13.0. The predicted molar refractivity (Wildman–Crippen MR) is 46.8 cm³/mol. The standard InChI is InChI=1S/C10H8FNO2/c11-9-4-2-1-3-7(9)5-8(6-12)10(13)14/h1-4,8H,5H2,(H,13,14). The summed E-state index contributed by atoms with van der Waals surface area (Å²) in [6, 6.07) is 7.45. The number of rotatable bonds is 3. The van der Waals surface area contributed by atoms with Gasteiger partial charge in [0.15, 0.2) is 0 Å². The largest absolute Gasteiger partial charge is 0.480 e. The molecule has 72 valence electrons. The van der Waals surface area contributed by atoms with Gasteiger partial charge in [-0.05, 0) is 11.6 Å². The lowest BCUT2D eigenvalue weighted by molar-refractivity contribution is -0.139. The Morgan fingerprint density at radius 2 is 2.21 bits per heavy atom. The number of aliphatic carboxylic acids is 1. The minimum atomic E-state index is -1.23. The summed E-state index contributed by atoms with van der Waals surface area (Å²) in [7, 11) is 0. The van der Waals surface area contributed by atoms with Crippen molar-refractivity contribution >= 4 is 5.97 Å². The molecule has 1 aromatic rings. The average molecular weight is 193 g/mol. The fraction of sp³-hybridized carbons (Fsp3) is 0.200. The van der Waals surface area contributed by atoms with E-state index in [1.54, 1.807) is 12.1 Å². The van der Waals surface area contributed by atoms with Gasteiger partial charge in [-0.25, -0.2) is 4.39 Å². The SMILES string of the molecule is N#CC(Cc1ccccc1F)C(=O)O. The molecule has 1 unspecified atom stereocenters. The van der Waals surface area contributed by atoms with Crippen molar-refractivity contribution in [1.29, 1.82) is 5.26 Å². The number of carbonyl (C=O) groups is 1. The molecule has 0 aliphatic carbocycles. The van der Waals surface area contributed by atoms with Crippen LogP contribution in [0.2, 0.25) is 0 Å². The van der Waals surface area contributed by atoms with Crippen molar-refractivity contribution in [3.63, 3.8) is 0 Å². The van der Waals surface area contributed by atoms with Crippen LogP contribution in [0.25, 0.3) is 0 Å². The predicted octanol–water partition coefficient (Wildman–Crippen LogP) is 1.59. The van der Waals surface area contributed by atoms with Gasteiger partial charge in [-0.15, -0.1) is 0 Å². The molecule has 1 atom stereocenters. The Hall–Kier alpha value is -1.89. The van der Waals surface area contributed by atoms with Crippen LogP contribution >= 0.6 is 0 Å². The molecule has 0 radical (unpaired) electrons. The maximum absolute atomic E-state index is 13.0. The van der Waals surface area contributed by atoms with E-state index in [2.05, 4.69) is 0 Å². The molecule has 0 saturated heterocycles. The fourth-order valence-corrected chi connectivity index (χ4v) is 1.07. The van der Waals surface area contributed by atoms with Gasteiger partial charge in [0.2, 0.25) is 0 Å². The van der Waals surface area contributed by atoms with Crippen LogP contribution in [0, 0.1) is 23.1 Å². The van der Waals surface area contributed by atoms with Gasteiger partial charge in [-0.1, -0.05) is 18.2 Å². The van der Waals surface area contributed by atoms with Gasteiger partial charge in [-0.3, -0.25) is 4.79 Å². The smallest absolute Gasteiger partial charge is 0.321 e. The number of halogens is 1. The van der Waals surface area contributed by atoms with Crippen molar-refractivity contribution in [3.8, 4) is 6.07 Å². The summed E-state index contributed by atoms with van der Waals surface area (Å²) in [6.45, 7) is 0. The number of carboxylic acids is 1. The summed E-state index contributed by atoms with van der Waals surface area (Å²) in [6.07, 6.45) is -0.0987. The Labute approximate surface area is 80.4 Å². The zero-order valence-electron chi connectivity index (χ0n) is 7.27. The third-order valence-electron chi connectivity index (χ3n) is 1.84. The summed E-state index contributed by atoms with van der Waals surface area (Å²) in [5, 5.41) is 17.1. The van der Waals surface area contributed by atoms with Gasteiger partial charge in [0.05, 0.1) is 6.07 Å². The molecule has 1 aromatic carbocycles. The lowest BCUT2D eigenvalue weighted by atomic mass is 10.0. The van der Waals surface area contributed by atoms with E-state index in [1.165, 1.54) is 18.2 Å². The average Bonchev–Trinajstić information content (AvgIpc) is 2.16. The van der Waals surface area contributed by atoms with E-state index >= 15 is 0 Å². The molecule has 0 aliphatic rings. The van der Waals surface area contributed by atoms with Crippen molar-refractivity contribution in [1.82, 2.24) is 0 Å². The van der Waals surface area contributed by atoms with Crippen LogP contribution in [0.1, 0.15) is 5.56 Å². The maximum Gasteiger partial charge on any atom is 0.321 e. The normalized spacial score (nSPS) is 11.7. The molecule has 0 spiro atoms. The van der Waals surface area contributed by atoms with E-state index in [9.17, 15) is 9.18 Å². The summed E-state index contributed by atoms with van der Waals surface area (Å²) in [5.41, 5.74) is 0.251. The second-order valence-corrected chi connectivity index (χ2v) is 2.82. The molecular weight excluding hydrogens is 185 g/mol.